The van der Waals surface area contributed by atoms with Crippen LogP contribution in [0.2, 0.25) is 0 Å². The summed E-state index contributed by atoms with van der Waals surface area (Å²) in [6.07, 6.45) is 2.70. The summed E-state index contributed by atoms with van der Waals surface area (Å²) in [5.41, 5.74) is 5.85. The van der Waals surface area contributed by atoms with Crippen LogP contribution in [0.4, 0.5) is 0 Å². The molecule has 0 aromatic heterocycles. The minimum atomic E-state index is 0.409. The molecule has 0 amide bonds. The normalized spacial score (nSPS) is 25.9. The summed E-state index contributed by atoms with van der Waals surface area (Å²) in [5, 5.41) is 0. The SMILES string of the molecule is Cc1ccc(-c2ccc(C3(C)CCC3C)cc2)cc1. The van der Waals surface area contributed by atoms with E-state index in [1.165, 1.54) is 35.1 Å². The first-order valence-electron chi connectivity index (χ1n) is 7.27. The number of hydrogen-bond donors (Lipinski definition) is 0. The molecular weight excluding hydrogens is 228 g/mol. The maximum Gasteiger partial charge on any atom is -0.00495 e. The summed E-state index contributed by atoms with van der Waals surface area (Å²) in [6.45, 7) is 6.91. The molecule has 3 rings (SSSR count). The molecule has 0 nitrogen and oxygen atoms in total. The highest BCUT2D eigenvalue weighted by atomic mass is 14.4. The second-order valence-electron chi connectivity index (χ2n) is 6.30. The van der Waals surface area contributed by atoms with Crippen molar-refractivity contribution in [3.63, 3.8) is 0 Å². The van der Waals surface area contributed by atoms with Crippen LogP contribution in [0.5, 0.6) is 0 Å². The average Bonchev–Trinajstić information content (AvgIpc) is 2.46. The fourth-order valence-corrected chi connectivity index (χ4v) is 3.08. The zero-order chi connectivity index (χ0) is 13.5. The third kappa shape index (κ3) is 2.10. The summed E-state index contributed by atoms with van der Waals surface area (Å²) in [4.78, 5) is 0. The van der Waals surface area contributed by atoms with Gasteiger partial charge in [0.25, 0.3) is 0 Å². The van der Waals surface area contributed by atoms with E-state index in [1.807, 2.05) is 0 Å². The van der Waals surface area contributed by atoms with Crippen LogP contribution in [0.15, 0.2) is 48.5 Å². The van der Waals surface area contributed by atoms with Gasteiger partial charge in [-0.2, -0.15) is 0 Å². The van der Waals surface area contributed by atoms with Gasteiger partial charge in [-0.25, -0.2) is 0 Å². The Kier molecular flexibility index (Phi) is 2.97. The molecule has 0 saturated heterocycles. The number of benzene rings is 2. The molecule has 0 aliphatic heterocycles. The topological polar surface area (TPSA) is 0 Å². The van der Waals surface area contributed by atoms with E-state index in [2.05, 4.69) is 69.3 Å². The Morgan fingerprint density at radius 2 is 1.42 bits per heavy atom. The molecule has 1 fully saturated rings. The lowest BCUT2D eigenvalue weighted by molar-refractivity contribution is 0.159. The first-order chi connectivity index (χ1) is 9.09. The van der Waals surface area contributed by atoms with Gasteiger partial charge >= 0.3 is 0 Å². The van der Waals surface area contributed by atoms with Crippen LogP contribution in [-0.2, 0) is 5.41 Å². The van der Waals surface area contributed by atoms with Gasteiger partial charge in [-0.15, -0.1) is 0 Å². The first kappa shape index (κ1) is 12.5. The number of aryl methyl sites for hydroxylation is 1. The van der Waals surface area contributed by atoms with Crippen LogP contribution >= 0.6 is 0 Å². The zero-order valence-electron chi connectivity index (χ0n) is 12.1. The maximum absolute atomic E-state index is 2.40. The molecule has 0 heterocycles. The van der Waals surface area contributed by atoms with E-state index in [0.717, 1.165) is 5.92 Å². The van der Waals surface area contributed by atoms with E-state index >= 15 is 0 Å². The van der Waals surface area contributed by atoms with E-state index in [4.69, 9.17) is 0 Å². The molecule has 0 heteroatoms. The third-order valence-corrected chi connectivity index (χ3v) is 5.11. The summed E-state index contributed by atoms with van der Waals surface area (Å²) >= 11 is 0. The summed E-state index contributed by atoms with van der Waals surface area (Å²) in [6, 6.07) is 18.0. The maximum atomic E-state index is 2.40. The first-order valence-corrected chi connectivity index (χ1v) is 7.27. The predicted octanol–water partition coefficient (Wildman–Crippen LogP) is 5.35. The van der Waals surface area contributed by atoms with Gasteiger partial charge in [-0.05, 0) is 47.8 Å². The van der Waals surface area contributed by atoms with Gasteiger partial charge in [0.15, 0.2) is 0 Å². The van der Waals surface area contributed by atoms with E-state index in [0.29, 0.717) is 5.41 Å². The van der Waals surface area contributed by atoms with Crippen molar-refractivity contribution in [1.29, 1.82) is 0 Å². The minimum absolute atomic E-state index is 0.409. The highest BCUT2D eigenvalue weighted by Crippen LogP contribution is 2.48. The summed E-state index contributed by atoms with van der Waals surface area (Å²) in [5.74, 6) is 0.817. The minimum Gasteiger partial charge on any atom is -0.0617 e. The van der Waals surface area contributed by atoms with Crippen LogP contribution in [-0.4, -0.2) is 0 Å². The van der Waals surface area contributed by atoms with Gasteiger partial charge in [0.1, 0.15) is 0 Å². The summed E-state index contributed by atoms with van der Waals surface area (Å²) < 4.78 is 0. The highest BCUT2D eigenvalue weighted by Gasteiger charge is 2.40. The Labute approximate surface area is 116 Å². The van der Waals surface area contributed by atoms with Gasteiger partial charge in [-0.1, -0.05) is 67.9 Å². The van der Waals surface area contributed by atoms with Gasteiger partial charge in [0.2, 0.25) is 0 Å². The number of hydrogen-bond acceptors (Lipinski definition) is 0. The molecule has 19 heavy (non-hydrogen) atoms. The molecule has 1 aliphatic carbocycles. The molecule has 1 saturated carbocycles. The molecule has 1 aliphatic rings. The third-order valence-electron chi connectivity index (χ3n) is 5.11. The molecular formula is C19H22. The molecule has 2 aromatic carbocycles. The Morgan fingerprint density at radius 1 is 0.895 bits per heavy atom. The van der Waals surface area contributed by atoms with Crippen LogP contribution in [0.25, 0.3) is 11.1 Å². The second-order valence-corrected chi connectivity index (χ2v) is 6.30. The molecule has 98 valence electrons. The van der Waals surface area contributed by atoms with Crippen molar-refractivity contribution in [3.05, 3.63) is 59.7 Å². The number of rotatable bonds is 2. The molecule has 0 radical (unpaired) electrons. The quantitative estimate of drug-likeness (QED) is 0.674. The molecule has 2 atom stereocenters. The van der Waals surface area contributed by atoms with Crippen LogP contribution in [0, 0.1) is 12.8 Å². The summed E-state index contributed by atoms with van der Waals surface area (Å²) in [7, 11) is 0. The fourth-order valence-electron chi connectivity index (χ4n) is 3.08. The van der Waals surface area contributed by atoms with Crippen molar-refractivity contribution in [1.82, 2.24) is 0 Å². The van der Waals surface area contributed by atoms with Gasteiger partial charge in [0.05, 0.1) is 0 Å². The van der Waals surface area contributed by atoms with Crippen molar-refractivity contribution >= 4 is 0 Å². The molecule has 2 aromatic rings. The largest absolute Gasteiger partial charge is 0.0617 e. The van der Waals surface area contributed by atoms with Crippen molar-refractivity contribution in [2.24, 2.45) is 5.92 Å². The van der Waals surface area contributed by atoms with Crippen molar-refractivity contribution in [2.75, 3.05) is 0 Å². The van der Waals surface area contributed by atoms with Crippen molar-refractivity contribution < 1.29 is 0 Å². The van der Waals surface area contributed by atoms with Gasteiger partial charge in [0, 0.05) is 0 Å². The lowest BCUT2D eigenvalue weighted by atomic mass is 9.59. The van der Waals surface area contributed by atoms with Crippen LogP contribution in [0.3, 0.4) is 0 Å². The molecule has 0 N–H and O–H groups in total. The smallest absolute Gasteiger partial charge is 0.00495 e. The van der Waals surface area contributed by atoms with E-state index in [1.54, 1.807) is 0 Å². The van der Waals surface area contributed by atoms with Crippen molar-refractivity contribution in [2.45, 2.75) is 39.0 Å². The standard InChI is InChI=1S/C19H22/c1-14-4-6-16(7-5-14)17-8-10-18(11-9-17)19(3)13-12-15(19)2/h4-11,15H,12-13H2,1-3H3. The molecule has 0 bridgehead atoms. The fraction of sp³-hybridized carbons (Fsp3) is 0.368. The zero-order valence-corrected chi connectivity index (χ0v) is 12.1. The second kappa shape index (κ2) is 4.52. The van der Waals surface area contributed by atoms with Crippen LogP contribution < -0.4 is 0 Å². The monoisotopic (exact) mass is 250 g/mol. The van der Waals surface area contributed by atoms with Gasteiger partial charge in [-0.3, -0.25) is 0 Å². The lowest BCUT2D eigenvalue weighted by Crippen LogP contribution is -2.39. The average molecular weight is 250 g/mol. The van der Waals surface area contributed by atoms with Crippen molar-refractivity contribution in [3.8, 4) is 11.1 Å². The van der Waals surface area contributed by atoms with E-state index < -0.39 is 0 Å². The highest BCUT2D eigenvalue weighted by molar-refractivity contribution is 5.64. The Morgan fingerprint density at radius 3 is 1.84 bits per heavy atom. The molecule has 2 unspecified atom stereocenters. The lowest BCUT2D eigenvalue weighted by Gasteiger charge is -2.46. The Hall–Kier alpha value is -1.56. The van der Waals surface area contributed by atoms with E-state index in [9.17, 15) is 0 Å². The Balaban J connectivity index is 1.89. The van der Waals surface area contributed by atoms with E-state index in [-0.39, 0.29) is 0 Å². The predicted molar refractivity (Wildman–Crippen MR) is 82.4 cm³/mol. The van der Waals surface area contributed by atoms with Gasteiger partial charge < -0.3 is 0 Å². The molecule has 0 spiro atoms. The van der Waals surface area contributed by atoms with Crippen LogP contribution in [0.1, 0.15) is 37.8 Å². The Bertz CT molecular complexity index is 562.